The van der Waals surface area contributed by atoms with E-state index in [1.807, 2.05) is 13.0 Å². The van der Waals surface area contributed by atoms with Crippen LogP contribution in [0.15, 0.2) is 24.7 Å². The molecular formula is C11H12N6O2. The molecule has 2 rings (SSSR count). The fraction of sp³-hybridized carbons (Fsp3) is 0.182. The summed E-state index contributed by atoms with van der Waals surface area (Å²) in [5, 5.41) is 13.5. The van der Waals surface area contributed by atoms with Crippen LogP contribution in [0.5, 0.6) is 0 Å². The molecule has 8 nitrogen and oxygen atoms in total. The van der Waals surface area contributed by atoms with Crippen LogP contribution in [0.4, 0.5) is 17.5 Å². The Morgan fingerprint density at radius 1 is 1.47 bits per heavy atom. The van der Waals surface area contributed by atoms with Gasteiger partial charge in [0.05, 0.1) is 4.92 Å². The molecule has 8 heteroatoms. The molecule has 0 atom stereocenters. The second-order valence-corrected chi connectivity index (χ2v) is 3.88. The summed E-state index contributed by atoms with van der Waals surface area (Å²) in [4.78, 5) is 21.6. The number of pyridine rings is 1. The number of nitrogens with zero attached hydrogens (tertiary/aromatic N) is 4. The van der Waals surface area contributed by atoms with Gasteiger partial charge in [0.2, 0.25) is 11.8 Å². The first kappa shape index (κ1) is 12.7. The Hall–Kier alpha value is -2.77. The van der Waals surface area contributed by atoms with E-state index < -0.39 is 4.92 Å². The lowest BCUT2D eigenvalue weighted by Gasteiger charge is -2.07. The maximum Gasteiger partial charge on any atom is 0.329 e. The van der Waals surface area contributed by atoms with Crippen molar-refractivity contribution >= 4 is 17.5 Å². The Kier molecular flexibility index (Phi) is 3.51. The summed E-state index contributed by atoms with van der Waals surface area (Å²) in [6, 6.07) is 1.87. The number of nitrogens with one attached hydrogen (secondary N) is 1. The molecule has 0 aliphatic rings. The van der Waals surface area contributed by atoms with Gasteiger partial charge in [0, 0.05) is 18.9 Å². The van der Waals surface area contributed by atoms with Crippen molar-refractivity contribution in [3.05, 3.63) is 45.9 Å². The lowest BCUT2D eigenvalue weighted by Crippen LogP contribution is -2.07. The number of anilines is 2. The number of nitrogens with two attached hydrogens (primary N) is 1. The molecule has 0 amide bonds. The third-order valence-electron chi connectivity index (χ3n) is 2.57. The van der Waals surface area contributed by atoms with Crippen molar-refractivity contribution in [1.29, 1.82) is 0 Å². The summed E-state index contributed by atoms with van der Waals surface area (Å²) in [6.45, 7) is 2.43. The average Bonchev–Trinajstić information content (AvgIpc) is 2.37. The SMILES string of the molecule is Cc1cnccc1CNc1ncc([N+](=O)[O-])c(N)n1. The van der Waals surface area contributed by atoms with Gasteiger partial charge in [0.15, 0.2) is 0 Å². The third-order valence-corrected chi connectivity index (χ3v) is 2.57. The van der Waals surface area contributed by atoms with Gasteiger partial charge in [-0.05, 0) is 24.1 Å². The first-order chi connectivity index (χ1) is 9.08. The van der Waals surface area contributed by atoms with E-state index in [0.717, 1.165) is 17.3 Å². The second-order valence-electron chi connectivity index (χ2n) is 3.88. The van der Waals surface area contributed by atoms with Crippen LogP contribution in [-0.4, -0.2) is 19.9 Å². The first-order valence-electron chi connectivity index (χ1n) is 5.48. The van der Waals surface area contributed by atoms with Crippen LogP contribution in [0.2, 0.25) is 0 Å². The number of hydrogen-bond donors (Lipinski definition) is 2. The minimum Gasteiger partial charge on any atom is -0.378 e. The normalized spacial score (nSPS) is 10.2. The lowest BCUT2D eigenvalue weighted by atomic mass is 10.1. The molecular weight excluding hydrogens is 248 g/mol. The van der Waals surface area contributed by atoms with Crippen molar-refractivity contribution in [3.63, 3.8) is 0 Å². The van der Waals surface area contributed by atoms with Crippen LogP contribution >= 0.6 is 0 Å². The van der Waals surface area contributed by atoms with E-state index in [4.69, 9.17) is 5.73 Å². The zero-order valence-corrected chi connectivity index (χ0v) is 10.2. The molecule has 0 aliphatic carbocycles. The third kappa shape index (κ3) is 2.92. The summed E-state index contributed by atoms with van der Waals surface area (Å²) in [6.07, 6.45) is 4.53. The van der Waals surface area contributed by atoms with Crippen LogP contribution in [0, 0.1) is 17.0 Å². The largest absolute Gasteiger partial charge is 0.378 e. The lowest BCUT2D eigenvalue weighted by molar-refractivity contribution is -0.384. The van der Waals surface area contributed by atoms with Crippen molar-refractivity contribution in [2.24, 2.45) is 0 Å². The molecule has 0 unspecified atom stereocenters. The Labute approximate surface area is 108 Å². The second kappa shape index (κ2) is 5.25. The van der Waals surface area contributed by atoms with Gasteiger partial charge in [-0.2, -0.15) is 4.98 Å². The van der Waals surface area contributed by atoms with Crippen LogP contribution in [0.1, 0.15) is 11.1 Å². The van der Waals surface area contributed by atoms with Gasteiger partial charge < -0.3 is 11.1 Å². The average molecular weight is 260 g/mol. The predicted molar refractivity (Wildman–Crippen MR) is 69.4 cm³/mol. The van der Waals surface area contributed by atoms with E-state index in [9.17, 15) is 10.1 Å². The summed E-state index contributed by atoms with van der Waals surface area (Å²) in [5.74, 6) is 0.0910. The number of nitrogen functional groups attached to an aromatic ring is 1. The van der Waals surface area contributed by atoms with E-state index in [2.05, 4.69) is 20.3 Å². The van der Waals surface area contributed by atoms with Crippen LogP contribution in [-0.2, 0) is 6.54 Å². The molecule has 3 N–H and O–H groups in total. The standard InChI is InChI=1S/C11H12N6O2/c1-7-4-13-3-2-8(7)5-14-11-15-6-9(17(18)19)10(12)16-11/h2-4,6H,5H2,1H3,(H3,12,14,15,16). The molecule has 0 radical (unpaired) electrons. The number of nitro groups is 1. The summed E-state index contributed by atoms with van der Waals surface area (Å²) < 4.78 is 0. The highest BCUT2D eigenvalue weighted by Crippen LogP contribution is 2.18. The molecule has 0 saturated heterocycles. The van der Waals surface area contributed by atoms with E-state index in [1.165, 1.54) is 0 Å². The first-order valence-corrected chi connectivity index (χ1v) is 5.48. The predicted octanol–water partition coefficient (Wildman–Crippen LogP) is 1.28. The molecule has 2 aromatic heterocycles. The molecule has 2 aromatic rings. The number of aryl methyl sites for hydroxylation is 1. The smallest absolute Gasteiger partial charge is 0.329 e. The molecule has 19 heavy (non-hydrogen) atoms. The van der Waals surface area contributed by atoms with E-state index >= 15 is 0 Å². The molecule has 0 aliphatic heterocycles. The Bertz CT molecular complexity index is 616. The fourth-order valence-corrected chi connectivity index (χ4v) is 1.49. The Balaban J connectivity index is 2.11. The minimum atomic E-state index is -0.619. The van der Waals surface area contributed by atoms with Crippen molar-refractivity contribution < 1.29 is 4.92 Å². The van der Waals surface area contributed by atoms with Crippen molar-refractivity contribution in [3.8, 4) is 0 Å². The maximum atomic E-state index is 10.6. The van der Waals surface area contributed by atoms with Crippen molar-refractivity contribution in [1.82, 2.24) is 15.0 Å². The molecule has 0 bridgehead atoms. The molecule has 0 aromatic carbocycles. The zero-order chi connectivity index (χ0) is 13.8. The Morgan fingerprint density at radius 3 is 2.89 bits per heavy atom. The van der Waals surface area contributed by atoms with Crippen LogP contribution in [0.25, 0.3) is 0 Å². The van der Waals surface area contributed by atoms with Gasteiger partial charge >= 0.3 is 5.69 Å². The van der Waals surface area contributed by atoms with Crippen LogP contribution < -0.4 is 11.1 Å². The highest BCUT2D eigenvalue weighted by atomic mass is 16.6. The van der Waals surface area contributed by atoms with E-state index in [1.54, 1.807) is 12.4 Å². The maximum absolute atomic E-state index is 10.6. The molecule has 2 heterocycles. The molecule has 0 spiro atoms. The topological polar surface area (TPSA) is 120 Å². The quantitative estimate of drug-likeness (QED) is 0.627. The minimum absolute atomic E-state index is 0.158. The summed E-state index contributed by atoms with van der Waals surface area (Å²) in [7, 11) is 0. The highest BCUT2D eigenvalue weighted by Gasteiger charge is 2.13. The Morgan fingerprint density at radius 2 is 2.26 bits per heavy atom. The van der Waals surface area contributed by atoms with Gasteiger partial charge in [-0.15, -0.1) is 0 Å². The number of rotatable bonds is 4. The number of hydrogen-bond acceptors (Lipinski definition) is 7. The molecule has 98 valence electrons. The van der Waals surface area contributed by atoms with Gasteiger partial charge in [-0.1, -0.05) is 0 Å². The van der Waals surface area contributed by atoms with Gasteiger partial charge in [0.25, 0.3) is 0 Å². The number of aromatic nitrogens is 3. The van der Waals surface area contributed by atoms with Crippen molar-refractivity contribution in [2.45, 2.75) is 13.5 Å². The van der Waals surface area contributed by atoms with Gasteiger partial charge in [-0.3, -0.25) is 15.1 Å². The van der Waals surface area contributed by atoms with E-state index in [0.29, 0.717) is 6.54 Å². The van der Waals surface area contributed by atoms with Crippen LogP contribution in [0.3, 0.4) is 0 Å². The zero-order valence-electron chi connectivity index (χ0n) is 10.2. The monoisotopic (exact) mass is 260 g/mol. The molecule has 0 saturated carbocycles. The van der Waals surface area contributed by atoms with E-state index in [-0.39, 0.29) is 17.5 Å². The van der Waals surface area contributed by atoms with Gasteiger partial charge in [-0.25, -0.2) is 4.98 Å². The summed E-state index contributed by atoms with van der Waals surface area (Å²) in [5.41, 5.74) is 7.25. The molecule has 0 fully saturated rings. The van der Waals surface area contributed by atoms with Gasteiger partial charge in [0.1, 0.15) is 6.20 Å². The summed E-state index contributed by atoms with van der Waals surface area (Å²) >= 11 is 0. The van der Waals surface area contributed by atoms with Crippen molar-refractivity contribution in [2.75, 3.05) is 11.1 Å². The highest BCUT2D eigenvalue weighted by molar-refractivity contribution is 5.53. The fourth-order valence-electron chi connectivity index (χ4n) is 1.49.